The van der Waals surface area contributed by atoms with Crippen LogP contribution in [0, 0.1) is 0 Å². The molecule has 4 atom stereocenters. The van der Waals surface area contributed by atoms with E-state index < -0.39 is 31.1 Å². The smallest absolute Gasteiger partial charge is 0.227 e. The highest BCUT2D eigenvalue weighted by Crippen LogP contribution is 2.37. The Kier molecular flexibility index (Phi) is 5.47. The molecule has 0 radical (unpaired) electrons. The molecule has 0 unspecified atom stereocenters. The first-order valence-corrected chi connectivity index (χ1v) is 9.28. The largest absolute Gasteiger partial charge is 0.477 e. The van der Waals surface area contributed by atoms with Crippen molar-refractivity contribution in [1.29, 1.82) is 0 Å². The summed E-state index contributed by atoms with van der Waals surface area (Å²) >= 11 is 6.38. The second kappa shape index (κ2) is 8.02. The van der Waals surface area contributed by atoms with Gasteiger partial charge in [-0.05, 0) is 5.56 Å². The Morgan fingerprint density at radius 2 is 1.93 bits per heavy atom. The van der Waals surface area contributed by atoms with Gasteiger partial charge in [-0.15, -0.1) is 0 Å². The van der Waals surface area contributed by atoms with Gasteiger partial charge in [0.25, 0.3) is 0 Å². The van der Waals surface area contributed by atoms with Gasteiger partial charge >= 0.3 is 0 Å². The zero-order valence-electron chi connectivity index (χ0n) is 14.8. The Morgan fingerprint density at radius 3 is 2.64 bits per heavy atom. The van der Waals surface area contributed by atoms with Crippen LogP contribution in [-0.2, 0) is 11.2 Å². The minimum atomic E-state index is -1.23. The van der Waals surface area contributed by atoms with Crippen LogP contribution in [0.4, 0.5) is 0 Å². The highest BCUT2D eigenvalue weighted by atomic mass is 35.5. The molecule has 4 rings (SSSR count). The molecule has 28 heavy (non-hydrogen) atoms. The summed E-state index contributed by atoms with van der Waals surface area (Å²) in [6.07, 6.45) is -0.677. The van der Waals surface area contributed by atoms with Crippen LogP contribution in [0.25, 0.3) is 11.0 Å². The zero-order chi connectivity index (χ0) is 19.7. The van der Waals surface area contributed by atoms with E-state index in [9.17, 15) is 15.3 Å². The van der Waals surface area contributed by atoms with Gasteiger partial charge in [-0.25, -0.2) is 9.97 Å². The first kappa shape index (κ1) is 19.1. The first-order valence-electron chi connectivity index (χ1n) is 8.90. The average Bonchev–Trinajstić information content (AvgIpc) is 3.20. The predicted molar refractivity (Wildman–Crippen MR) is 101 cm³/mol. The molecule has 1 aromatic carbocycles. The SMILES string of the molecule is OC[C@H]1O[C@@H](n2cc(Cl)c3c(OCCc4ccccc4)ncnc32)[C@H](O)[C@@H]1O. The molecular weight excluding hydrogens is 386 g/mol. The Balaban J connectivity index is 1.59. The van der Waals surface area contributed by atoms with Crippen molar-refractivity contribution in [3.8, 4) is 5.88 Å². The lowest BCUT2D eigenvalue weighted by Gasteiger charge is -2.17. The van der Waals surface area contributed by atoms with E-state index in [-0.39, 0.29) is 0 Å². The quantitative estimate of drug-likeness (QED) is 0.567. The minimum Gasteiger partial charge on any atom is -0.477 e. The van der Waals surface area contributed by atoms with Gasteiger partial charge in [-0.2, -0.15) is 0 Å². The lowest BCUT2D eigenvalue weighted by molar-refractivity contribution is -0.0508. The van der Waals surface area contributed by atoms with Gasteiger partial charge in [-0.1, -0.05) is 41.9 Å². The summed E-state index contributed by atoms with van der Waals surface area (Å²) in [4.78, 5) is 8.42. The monoisotopic (exact) mass is 405 g/mol. The lowest BCUT2D eigenvalue weighted by atomic mass is 10.1. The highest BCUT2D eigenvalue weighted by Gasteiger charge is 2.44. The van der Waals surface area contributed by atoms with Crippen molar-refractivity contribution in [2.75, 3.05) is 13.2 Å². The van der Waals surface area contributed by atoms with E-state index >= 15 is 0 Å². The topological polar surface area (TPSA) is 110 Å². The van der Waals surface area contributed by atoms with E-state index in [0.29, 0.717) is 35.0 Å². The molecule has 1 aliphatic rings. The van der Waals surface area contributed by atoms with Crippen LogP contribution in [0.1, 0.15) is 11.8 Å². The first-order chi connectivity index (χ1) is 13.6. The predicted octanol–water partition coefficient (Wildman–Crippen LogP) is 1.32. The van der Waals surface area contributed by atoms with E-state index in [4.69, 9.17) is 21.1 Å². The molecule has 8 nitrogen and oxygen atoms in total. The van der Waals surface area contributed by atoms with Crippen molar-refractivity contribution in [3.63, 3.8) is 0 Å². The number of aliphatic hydroxyl groups excluding tert-OH is 3. The molecule has 9 heteroatoms. The van der Waals surface area contributed by atoms with Crippen molar-refractivity contribution >= 4 is 22.6 Å². The fraction of sp³-hybridized carbons (Fsp3) is 0.368. The number of halogens is 1. The third kappa shape index (κ3) is 3.45. The number of fused-ring (bicyclic) bond motifs is 1. The van der Waals surface area contributed by atoms with Crippen LogP contribution >= 0.6 is 11.6 Å². The van der Waals surface area contributed by atoms with Crippen LogP contribution in [0.2, 0.25) is 5.02 Å². The molecule has 148 valence electrons. The number of rotatable bonds is 6. The molecule has 0 saturated carbocycles. The third-order valence-corrected chi connectivity index (χ3v) is 5.08. The van der Waals surface area contributed by atoms with Crippen molar-refractivity contribution in [1.82, 2.24) is 14.5 Å². The highest BCUT2D eigenvalue weighted by molar-refractivity contribution is 6.36. The second-order valence-electron chi connectivity index (χ2n) is 6.57. The molecular formula is C19H20ClN3O5. The molecule has 3 aromatic rings. The molecule has 0 spiro atoms. The summed E-state index contributed by atoms with van der Waals surface area (Å²) in [5.41, 5.74) is 1.55. The van der Waals surface area contributed by atoms with Gasteiger partial charge in [0.15, 0.2) is 11.9 Å². The molecule has 0 bridgehead atoms. The summed E-state index contributed by atoms with van der Waals surface area (Å²) in [5.74, 6) is 0.330. The molecule has 2 aromatic heterocycles. The number of hydrogen-bond acceptors (Lipinski definition) is 7. The maximum atomic E-state index is 10.3. The van der Waals surface area contributed by atoms with Crippen LogP contribution in [0.3, 0.4) is 0 Å². The maximum Gasteiger partial charge on any atom is 0.227 e. The Hall–Kier alpha value is -2.23. The molecule has 3 heterocycles. The summed E-state index contributed by atoms with van der Waals surface area (Å²) in [6.45, 7) is -0.00399. The molecule has 0 amide bonds. The van der Waals surface area contributed by atoms with Crippen molar-refractivity contribution < 1.29 is 24.8 Å². The van der Waals surface area contributed by atoms with Gasteiger partial charge in [-0.3, -0.25) is 0 Å². The van der Waals surface area contributed by atoms with E-state index in [0.717, 1.165) is 5.56 Å². The fourth-order valence-corrected chi connectivity index (χ4v) is 3.61. The normalized spacial score (nSPS) is 24.7. The van der Waals surface area contributed by atoms with Gasteiger partial charge in [0.05, 0.1) is 23.6 Å². The Labute approximate surface area is 165 Å². The van der Waals surface area contributed by atoms with Crippen molar-refractivity contribution in [3.05, 3.63) is 53.4 Å². The van der Waals surface area contributed by atoms with Crippen LogP contribution in [0.15, 0.2) is 42.9 Å². The molecule has 0 aliphatic carbocycles. The van der Waals surface area contributed by atoms with E-state index in [1.165, 1.54) is 10.9 Å². The number of ether oxygens (including phenoxy) is 2. The van der Waals surface area contributed by atoms with Crippen LogP contribution in [0.5, 0.6) is 5.88 Å². The average molecular weight is 406 g/mol. The van der Waals surface area contributed by atoms with E-state index in [1.807, 2.05) is 30.3 Å². The van der Waals surface area contributed by atoms with Gasteiger partial charge < -0.3 is 29.4 Å². The fourth-order valence-electron chi connectivity index (χ4n) is 3.34. The Morgan fingerprint density at radius 1 is 1.14 bits per heavy atom. The molecule has 1 fully saturated rings. The number of aromatic nitrogens is 3. The number of benzene rings is 1. The number of aliphatic hydroxyl groups is 3. The molecule has 1 saturated heterocycles. The minimum absolute atomic E-state index is 0.330. The van der Waals surface area contributed by atoms with Gasteiger partial charge in [0.2, 0.25) is 5.88 Å². The number of hydrogen-bond donors (Lipinski definition) is 3. The summed E-state index contributed by atoms with van der Waals surface area (Å²) in [5, 5.41) is 30.4. The summed E-state index contributed by atoms with van der Waals surface area (Å²) in [6, 6.07) is 9.93. The summed E-state index contributed by atoms with van der Waals surface area (Å²) in [7, 11) is 0. The van der Waals surface area contributed by atoms with Crippen molar-refractivity contribution in [2.45, 2.75) is 31.0 Å². The number of nitrogens with zero attached hydrogens (tertiary/aromatic N) is 3. The van der Waals surface area contributed by atoms with Crippen LogP contribution in [-0.4, -0.2) is 61.4 Å². The second-order valence-corrected chi connectivity index (χ2v) is 6.98. The zero-order valence-corrected chi connectivity index (χ0v) is 15.6. The molecule has 3 N–H and O–H groups in total. The van der Waals surface area contributed by atoms with Crippen molar-refractivity contribution in [2.24, 2.45) is 0 Å². The molecule has 1 aliphatic heterocycles. The van der Waals surface area contributed by atoms with E-state index in [1.54, 1.807) is 6.20 Å². The maximum absolute atomic E-state index is 10.3. The Bertz CT molecular complexity index is 951. The summed E-state index contributed by atoms with van der Waals surface area (Å²) < 4.78 is 12.9. The third-order valence-electron chi connectivity index (χ3n) is 4.79. The van der Waals surface area contributed by atoms with E-state index in [2.05, 4.69) is 9.97 Å². The standard InChI is InChI=1S/C19H20ClN3O5/c20-12-8-23(19-16(26)15(25)13(9-24)28-19)17-14(12)18(22-10-21-17)27-7-6-11-4-2-1-3-5-11/h1-5,8,10,13,15-16,19,24-26H,6-7,9H2/t13-,15-,16-,19-/m1/s1. The lowest BCUT2D eigenvalue weighted by Crippen LogP contribution is -2.33. The van der Waals surface area contributed by atoms with Gasteiger partial charge in [0, 0.05) is 12.6 Å². The van der Waals surface area contributed by atoms with Gasteiger partial charge in [0.1, 0.15) is 24.6 Å². The van der Waals surface area contributed by atoms with Crippen LogP contribution < -0.4 is 4.74 Å².